The molecule has 1 aromatic carbocycles. The number of nitrogens with one attached hydrogen (secondary N) is 1. The summed E-state index contributed by atoms with van der Waals surface area (Å²) in [5.41, 5.74) is 7.41. The molecule has 0 aliphatic heterocycles. The molecule has 1 rings (SSSR count). The number of benzene rings is 1. The van der Waals surface area contributed by atoms with Crippen molar-refractivity contribution in [2.45, 2.75) is 0 Å². The normalized spacial score (nSPS) is 10.6. The third-order valence-corrected chi connectivity index (χ3v) is 2.94. The van der Waals surface area contributed by atoms with Gasteiger partial charge < -0.3 is 25.4 Å². The molecule has 0 spiro atoms. The van der Waals surface area contributed by atoms with Crippen molar-refractivity contribution in [2.24, 2.45) is 0 Å². The van der Waals surface area contributed by atoms with Crippen LogP contribution in [0.4, 0.5) is 11.4 Å². The number of nitrogens with zero attached hydrogens (tertiary/aromatic N) is 1. The number of carbonyl (C=O) groups is 1. The third kappa shape index (κ3) is 5.07. The minimum absolute atomic E-state index is 0.396. The van der Waals surface area contributed by atoms with Crippen LogP contribution in [0.25, 0.3) is 0 Å². The van der Waals surface area contributed by atoms with E-state index in [1.165, 1.54) is 7.11 Å². The molecule has 0 saturated heterocycles. The highest BCUT2D eigenvalue weighted by atomic mass is 16.5. The molecule has 20 heavy (non-hydrogen) atoms. The number of ether oxygens (including phenoxy) is 2. The van der Waals surface area contributed by atoms with E-state index in [9.17, 15) is 4.79 Å². The number of carbonyl (C=O) groups excluding carboxylic acids is 1. The standard InChI is InChI=1S/C14H23N3O3/c1-17(8-9-19-2)7-6-16-13-5-4-11(15)10-12(13)14(18)20-3/h4-5,10,16H,6-9,15H2,1-3H3. The van der Waals surface area contributed by atoms with Crippen LogP contribution in [-0.2, 0) is 9.47 Å². The second-order valence-corrected chi connectivity index (χ2v) is 4.52. The number of rotatable bonds is 8. The van der Waals surface area contributed by atoms with Crippen LogP contribution in [0.2, 0.25) is 0 Å². The van der Waals surface area contributed by atoms with Crippen LogP contribution >= 0.6 is 0 Å². The zero-order valence-corrected chi connectivity index (χ0v) is 12.3. The van der Waals surface area contributed by atoms with E-state index in [-0.39, 0.29) is 0 Å². The highest BCUT2D eigenvalue weighted by Crippen LogP contribution is 2.19. The first-order chi connectivity index (χ1) is 9.58. The van der Waals surface area contributed by atoms with E-state index in [4.69, 9.17) is 15.2 Å². The summed E-state index contributed by atoms with van der Waals surface area (Å²) in [4.78, 5) is 13.8. The molecule has 0 atom stereocenters. The van der Waals surface area contributed by atoms with Gasteiger partial charge in [-0.3, -0.25) is 0 Å². The quantitative estimate of drug-likeness (QED) is 0.548. The van der Waals surface area contributed by atoms with Gasteiger partial charge in [0.2, 0.25) is 0 Å². The Hall–Kier alpha value is -1.79. The van der Waals surface area contributed by atoms with Crippen LogP contribution in [0, 0.1) is 0 Å². The first-order valence-corrected chi connectivity index (χ1v) is 6.47. The SMILES string of the molecule is COCCN(C)CCNc1ccc(N)cc1C(=O)OC. The van der Waals surface area contributed by atoms with E-state index in [1.54, 1.807) is 25.3 Å². The highest BCUT2D eigenvalue weighted by Gasteiger charge is 2.12. The van der Waals surface area contributed by atoms with Gasteiger partial charge in [0, 0.05) is 38.1 Å². The van der Waals surface area contributed by atoms with Gasteiger partial charge in [0.25, 0.3) is 0 Å². The summed E-state index contributed by atoms with van der Waals surface area (Å²) in [7, 11) is 5.06. The molecule has 0 aliphatic carbocycles. The van der Waals surface area contributed by atoms with E-state index in [2.05, 4.69) is 10.2 Å². The van der Waals surface area contributed by atoms with E-state index >= 15 is 0 Å². The van der Waals surface area contributed by atoms with E-state index in [0.717, 1.165) is 18.8 Å². The van der Waals surface area contributed by atoms with Crippen molar-refractivity contribution in [3.05, 3.63) is 23.8 Å². The Morgan fingerprint density at radius 2 is 2.10 bits per heavy atom. The molecule has 0 saturated carbocycles. The smallest absolute Gasteiger partial charge is 0.340 e. The average Bonchev–Trinajstić information content (AvgIpc) is 2.45. The van der Waals surface area contributed by atoms with Crippen molar-refractivity contribution >= 4 is 17.3 Å². The number of hydrogen-bond donors (Lipinski definition) is 2. The summed E-state index contributed by atoms with van der Waals surface area (Å²) in [6.07, 6.45) is 0. The Labute approximate surface area is 119 Å². The molecule has 0 radical (unpaired) electrons. The monoisotopic (exact) mass is 281 g/mol. The summed E-state index contributed by atoms with van der Waals surface area (Å²) in [5.74, 6) is -0.396. The fraction of sp³-hybridized carbons (Fsp3) is 0.500. The van der Waals surface area contributed by atoms with Gasteiger partial charge in [-0.2, -0.15) is 0 Å². The van der Waals surface area contributed by atoms with Gasteiger partial charge in [0.15, 0.2) is 0 Å². The Morgan fingerprint density at radius 1 is 1.35 bits per heavy atom. The molecule has 112 valence electrons. The van der Waals surface area contributed by atoms with Crippen molar-refractivity contribution < 1.29 is 14.3 Å². The maximum Gasteiger partial charge on any atom is 0.340 e. The maximum absolute atomic E-state index is 11.7. The molecule has 0 amide bonds. The molecule has 0 aliphatic rings. The van der Waals surface area contributed by atoms with E-state index < -0.39 is 5.97 Å². The number of esters is 1. The van der Waals surface area contributed by atoms with Crippen LogP contribution in [0.5, 0.6) is 0 Å². The Balaban J connectivity index is 2.57. The summed E-state index contributed by atoms with van der Waals surface area (Å²) in [6, 6.07) is 5.16. The molecule has 1 aromatic rings. The molecule has 6 heteroatoms. The molecular weight excluding hydrogens is 258 g/mol. The van der Waals surface area contributed by atoms with E-state index in [1.807, 2.05) is 7.05 Å². The number of anilines is 2. The number of likely N-dealkylation sites (N-methyl/N-ethyl adjacent to an activating group) is 1. The fourth-order valence-electron chi connectivity index (χ4n) is 1.74. The number of nitrogen functional groups attached to an aromatic ring is 1. The molecule has 3 N–H and O–H groups in total. The summed E-state index contributed by atoms with van der Waals surface area (Å²) >= 11 is 0. The second-order valence-electron chi connectivity index (χ2n) is 4.52. The van der Waals surface area contributed by atoms with Crippen LogP contribution in [0.15, 0.2) is 18.2 Å². The van der Waals surface area contributed by atoms with Gasteiger partial charge in [0.1, 0.15) is 0 Å². The molecule has 0 fully saturated rings. The number of hydrogen-bond acceptors (Lipinski definition) is 6. The lowest BCUT2D eigenvalue weighted by Gasteiger charge is -2.17. The van der Waals surface area contributed by atoms with Gasteiger partial charge in [0.05, 0.1) is 19.3 Å². The lowest BCUT2D eigenvalue weighted by atomic mass is 10.1. The predicted octanol–water partition coefficient (Wildman–Crippen LogP) is 1.05. The van der Waals surface area contributed by atoms with Gasteiger partial charge in [-0.25, -0.2) is 4.79 Å². The first-order valence-electron chi connectivity index (χ1n) is 6.47. The Kier molecular flexibility index (Phi) is 6.83. The van der Waals surface area contributed by atoms with Crippen LogP contribution in [0.1, 0.15) is 10.4 Å². The van der Waals surface area contributed by atoms with Crippen molar-refractivity contribution in [3.8, 4) is 0 Å². The lowest BCUT2D eigenvalue weighted by molar-refractivity contribution is 0.0602. The Morgan fingerprint density at radius 3 is 2.75 bits per heavy atom. The molecule has 6 nitrogen and oxygen atoms in total. The van der Waals surface area contributed by atoms with Crippen LogP contribution in [0.3, 0.4) is 0 Å². The zero-order valence-electron chi connectivity index (χ0n) is 12.3. The number of methoxy groups -OCH3 is 2. The lowest BCUT2D eigenvalue weighted by Crippen LogP contribution is -2.28. The predicted molar refractivity (Wildman–Crippen MR) is 80.1 cm³/mol. The third-order valence-electron chi connectivity index (χ3n) is 2.94. The fourth-order valence-corrected chi connectivity index (χ4v) is 1.74. The average molecular weight is 281 g/mol. The van der Waals surface area contributed by atoms with Crippen molar-refractivity contribution in [1.82, 2.24) is 4.90 Å². The van der Waals surface area contributed by atoms with Gasteiger partial charge >= 0.3 is 5.97 Å². The summed E-state index contributed by atoms with van der Waals surface area (Å²) < 4.78 is 9.77. The minimum atomic E-state index is -0.396. The molecular formula is C14H23N3O3. The number of nitrogens with two attached hydrogens (primary N) is 1. The van der Waals surface area contributed by atoms with Crippen LogP contribution in [-0.4, -0.2) is 58.4 Å². The first kappa shape index (κ1) is 16.3. The maximum atomic E-state index is 11.7. The minimum Gasteiger partial charge on any atom is -0.465 e. The molecule has 0 bridgehead atoms. The van der Waals surface area contributed by atoms with Crippen LogP contribution < -0.4 is 11.1 Å². The molecule has 0 unspecified atom stereocenters. The highest BCUT2D eigenvalue weighted by molar-refractivity contribution is 5.96. The molecule has 0 heterocycles. The van der Waals surface area contributed by atoms with Gasteiger partial charge in [-0.1, -0.05) is 0 Å². The summed E-state index contributed by atoms with van der Waals surface area (Å²) in [6.45, 7) is 3.12. The van der Waals surface area contributed by atoms with E-state index in [0.29, 0.717) is 24.4 Å². The van der Waals surface area contributed by atoms with Crippen molar-refractivity contribution in [2.75, 3.05) is 58.6 Å². The summed E-state index contributed by atoms with van der Waals surface area (Å²) in [5, 5.41) is 3.22. The second kappa shape index (κ2) is 8.39. The van der Waals surface area contributed by atoms with Gasteiger partial charge in [-0.05, 0) is 25.2 Å². The Bertz CT molecular complexity index is 438. The van der Waals surface area contributed by atoms with Crippen molar-refractivity contribution in [3.63, 3.8) is 0 Å². The topological polar surface area (TPSA) is 76.8 Å². The van der Waals surface area contributed by atoms with Gasteiger partial charge in [-0.15, -0.1) is 0 Å². The molecule has 0 aromatic heterocycles. The van der Waals surface area contributed by atoms with Crippen molar-refractivity contribution in [1.29, 1.82) is 0 Å². The largest absolute Gasteiger partial charge is 0.465 e. The zero-order chi connectivity index (χ0) is 15.0.